The van der Waals surface area contributed by atoms with Crippen LogP contribution in [0.25, 0.3) is 0 Å². The molecule has 0 atom stereocenters. The minimum Gasteiger partial charge on any atom is -0.374 e. The molecule has 0 spiro atoms. The van der Waals surface area contributed by atoms with Crippen LogP contribution >= 0.6 is 0 Å². The summed E-state index contributed by atoms with van der Waals surface area (Å²) in [5.74, 6) is 0. The summed E-state index contributed by atoms with van der Waals surface area (Å²) in [6.07, 6.45) is 6.71. The first-order chi connectivity index (χ1) is 6.56. The lowest BCUT2D eigenvalue weighted by molar-refractivity contribution is 0.0519. The lowest BCUT2D eigenvalue weighted by Crippen LogP contribution is -2.26. The Morgan fingerprint density at radius 3 is 2.07 bits per heavy atom. The fraction of sp³-hybridized carbons (Fsp3) is 0.692. The molecule has 0 unspecified atom stereocenters. The van der Waals surface area contributed by atoms with Crippen molar-refractivity contribution in [2.24, 2.45) is 0 Å². The fourth-order valence-electron chi connectivity index (χ4n) is 1.37. The first kappa shape index (κ1) is 13.4. The first-order valence-electron chi connectivity index (χ1n) is 5.48. The number of hydrogen-bond donors (Lipinski definition) is 0. The normalized spacial score (nSPS) is 16.4. The van der Waals surface area contributed by atoms with Crippen molar-refractivity contribution >= 4 is 0 Å². The van der Waals surface area contributed by atoms with E-state index in [1.807, 2.05) is 13.8 Å². The molecule has 0 aromatic heterocycles. The van der Waals surface area contributed by atoms with E-state index in [-0.39, 0.29) is 5.60 Å². The molecule has 0 saturated heterocycles. The zero-order valence-electron chi connectivity index (χ0n) is 10.5. The molecule has 0 N–H and O–H groups in total. The van der Waals surface area contributed by atoms with Gasteiger partial charge >= 0.3 is 0 Å². The topological polar surface area (TPSA) is 9.23 Å². The molecule has 82 valence electrons. The third-order valence-corrected chi connectivity index (χ3v) is 2.64. The summed E-state index contributed by atoms with van der Waals surface area (Å²) in [5, 5.41) is 0. The molecule has 0 saturated carbocycles. The van der Waals surface area contributed by atoms with Crippen LogP contribution < -0.4 is 0 Å². The predicted octanol–water partition coefficient (Wildman–Crippen LogP) is 4.10. The summed E-state index contributed by atoms with van der Waals surface area (Å²) in [6.45, 7) is 10.4. The molecule has 1 nitrogen and oxygen atoms in total. The molecule has 0 heterocycles. The van der Waals surface area contributed by atoms with E-state index in [1.165, 1.54) is 17.6 Å². The highest BCUT2D eigenvalue weighted by molar-refractivity contribution is 5.27. The van der Waals surface area contributed by atoms with Crippen LogP contribution in [0.1, 0.15) is 47.5 Å². The van der Waals surface area contributed by atoms with Crippen LogP contribution in [-0.2, 0) is 4.74 Å². The Morgan fingerprint density at radius 1 is 1.14 bits per heavy atom. The van der Waals surface area contributed by atoms with Gasteiger partial charge in [-0.1, -0.05) is 31.6 Å². The molecule has 0 amide bonds. The summed E-state index contributed by atoms with van der Waals surface area (Å²) < 4.78 is 5.41. The second-order valence-corrected chi connectivity index (χ2v) is 3.92. The summed E-state index contributed by atoms with van der Waals surface area (Å²) in [4.78, 5) is 0. The van der Waals surface area contributed by atoms with E-state index >= 15 is 0 Å². The summed E-state index contributed by atoms with van der Waals surface area (Å²) in [7, 11) is 1.77. The highest BCUT2D eigenvalue weighted by Crippen LogP contribution is 2.28. The molecule has 1 rings (SSSR count). The van der Waals surface area contributed by atoms with Gasteiger partial charge in [0.1, 0.15) is 0 Å². The van der Waals surface area contributed by atoms with Gasteiger partial charge < -0.3 is 4.74 Å². The zero-order valence-corrected chi connectivity index (χ0v) is 10.5. The molecular formula is C13H24O. The maximum atomic E-state index is 5.41. The number of allylic oxidation sites excluding steroid dienone is 3. The van der Waals surface area contributed by atoms with E-state index in [2.05, 4.69) is 32.9 Å². The van der Waals surface area contributed by atoms with Crippen LogP contribution in [0.2, 0.25) is 0 Å². The van der Waals surface area contributed by atoms with Gasteiger partial charge in [-0.15, -0.1) is 0 Å². The number of rotatable bonds is 2. The third-order valence-electron chi connectivity index (χ3n) is 2.64. The second-order valence-electron chi connectivity index (χ2n) is 3.92. The first-order valence-corrected chi connectivity index (χ1v) is 5.48. The monoisotopic (exact) mass is 196 g/mol. The lowest BCUT2D eigenvalue weighted by Gasteiger charge is -2.28. The third kappa shape index (κ3) is 3.67. The minimum atomic E-state index is -0.0861. The highest BCUT2D eigenvalue weighted by Gasteiger charge is 2.22. The van der Waals surface area contributed by atoms with Crippen molar-refractivity contribution < 1.29 is 4.74 Å². The molecular weight excluding hydrogens is 172 g/mol. The van der Waals surface area contributed by atoms with Crippen molar-refractivity contribution in [3.63, 3.8) is 0 Å². The number of ether oxygens (including phenoxy) is 1. The largest absolute Gasteiger partial charge is 0.374 e. The van der Waals surface area contributed by atoms with Crippen LogP contribution in [0.3, 0.4) is 0 Å². The van der Waals surface area contributed by atoms with Crippen LogP contribution in [-0.4, -0.2) is 12.7 Å². The molecule has 1 aliphatic rings. The SMILES string of the molecule is CC.COC(C)(C)C1=CC=C(C)CC1. The van der Waals surface area contributed by atoms with Gasteiger partial charge in [0.2, 0.25) is 0 Å². The average molecular weight is 196 g/mol. The maximum absolute atomic E-state index is 5.41. The zero-order chi connectivity index (χ0) is 11.2. The van der Waals surface area contributed by atoms with Gasteiger partial charge in [-0.3, -0.25) is 0 Å². The molecule has 0 aromatic carbocycles. The fourth-order valence-corrected chi connectivity index (χ4v) is 1.37. The predicted molar refractivity (Wildman–Crippen MR) is 63.5 cm³/mol. The minimum absolute atomic E-state index is 0.0861. The van der Waals surface area contributed by atoms with Crippen molar-refractivity contribution in [1.82, 2.24) is 0 Å². The van der Waals surface area contributed by atoms with Crippen molar-refractivity contribution in [2.75, 3.05) is 7.11 Å². The Kier molecular flexibility index (Phi) is 5.78. The molecule has 0 radical (unpaired) electrons. The Morgan fingerprint density at radius 2 is 1.71 bits per heavy atom. The van der Waals surface area contributed by atoms with Crippen molar-refractivity contribution in [1.29, 1.82) is 0 Å². The molecule has 1 aliphatic carbocycles. The molecule has 0 bridgehead atoms. The van der Waals surface area contributed by atoms with E-state index in [0.29, 0.717) is 0 Å². The quantitative estimate of drug-likeness (QED) is 0.646. The van der Waals surface area contributed by atoms with Gasteiger partial charge in [-0.05, 0) is 39.2 Å². The van der Waals surface area contributed by atoms with E-state index < -0.39 is 0 Å². The maximum Gasteiger partial charge on any atom is 0.0834 e. The van der Waals surface area contributed by atoms with E-state index in [1.54, 1.807) is 7.11 Å². The summed E-state index contributed by atoms with van der Waals surface area (Å²) in [6, 6.07) is 0. The average Bonchev–Trinajstić information content (AvgIpc) is 2.21. The van der Waals surface area contributed by atoms with Crippen molar-refractivity contribution in [2.45, 2.75) is 53.1 Å². The van der Waals surface area contributed by atoms with Gasteiger partial charge in [0.15, 0.2) is 0 Å². The van der Waals surface area contributed by atoms with Gasteiger partial charge in [0.25, 0.3) is 0 Å². The number of hydrogen-bond acceptors (Lipinski definition) is 1. The van der Waals surface area contributed by atoms with Gasteiger partial charge in [0, 0.05) is 7.11 Å². The highest BCUT2D eigenvalue weighted by atomic mass is 16.5. The van der Waals surface area contributed by atoms with Crippen LogP contribution in [0.15, 0.2) is 23.3 Å². The van der Waals surface area contributed by atoms with E-state index in [4.69, 9.17) is 4.74 Å². The lowest BCUT2D eigenvalue weighted by atomic mass is 9.88. The van der Waals surface area contributed by atoms with Crippen molar-refractivity contribution in [3.8, 4) is 0 Å². The standard InChI is InChI=1S/C11H18O.C2H6/c1-9-5-7-10(8-6-9)11(2,3)12-4;1-2/h5,7H,6,8H2,1-4H3;1-2H3. The van der Waals surface area contributed by atoms with Gasteiger partial charge in [-0.25, -0.2) is 0 Å². The molecule has 0 aliphatic heterocycles. The Bertz CT molecular complexity index is 221. The second kappa shape index (κ2) is 6.02. The summed E-state index contributed by atoms with van der Waals surface area (Å²) >= 11 is 0. The van der Waals surface area contributed by atoms with E-state index in [9.17, 15) is 0 Å². The Labute approximate surface area is 88.9 Å². The molecule has 1 heteroatoms. The molecule has 0 fully saturated rings. The van der Waals surface area contributed by atoms with Crippen molar-refractivity contribution in [3.05, 3.63) is 23.3 Å². The van der Waals surface area contributed by atoms with Gasteiger partial charge in [0.05, 0.1) is 5.60 Å². The van der Waals surface area contributed by atoms with Crippen LogP contribution in [0, 0.1) is 0 Å². The Hall–Kier alpha value is -0.560. The summed E-state index contributed by atoms with van der Waals surface area (Å²) in [5.41, 5.74) is 2.78. The van der Waals surface area contributed by atoms with Gasteiger partial charge in [-0.2, -0.15) is 0 Å². The molecule has 14 heavy (non-hydrogen) atoms. The van der Waals surface area contributed by atoms with Crippen LogP contribution in [0.4, 0.5) is 0 Å². The van der Waals surface area contributed by atoms with Crippen LogP contribution in [0.5, 0.6) is 0 Å². The number of methoxy groups -OCH3 is 1. The molecule has 0 aromatic rings. The Balaban J connectivity index is 0.000000791. The smallest absolute Gasteiger partial charge is 0.0834 e. The van der Waals surface area contributed by atoms with E-state index in [0.717, 1.165) is 6.42 Å².